The van der Waals surface area contributed by atoms with Crippen molar-refractivity contribution in [1.82, 2.24) is 0 Å². The molecule has 1 amide bonds. The lowest BCUT2D eigenvalue weighted by molar-refractivity contribution is -0.122. The first-order valence-corrected chi connectivity index (χ1v) is 12.3. The summed E-state index contributed by atoms with van der Waals surface area (Å²) in [6.07, 6.45) is 3.98. The minimum atomic E-state index is -1.29. The van der Waals surface area contributed by atoms with Gasteiger partial charge in [0.2, 0.25) is 12.7 Å². The van der Waals surface area contributed by atoms with Crippen molar-refractivity contribution in [2.45, 2.75) is 31.3 Å². The van der Waals surface area contributed by atoms with Crippen LogP contribution in [0.3, 0.4) is 0 Å². The van der Waals surface area contributed by atoms with E-state index < -0.39 is 23.4 Å². The van der Waals surface area contributed by atoms with Crippen molar-refractivity contribution in [2.75, 3.05) is 17.0 Å². The van der Waals surface area contributed by atoms with Gasteiger partial charge in [0.15, 0.2) is 23.1 Å². The molecule has 0 saturated carbocycles. The number of rotatable bonds is 3. The number of carbonyl (C=O) groups is 3. The lowest BCUT2D eigenvalue weighted by Crippen LogP contribution is -2.51. The van der Waals surface area contributed by atoms with E-state index in [9.17, 15) is 14.4 Å². The number of anilines is 2. The zero-order valence-corrected chi connectivity index (χ0v) is 20.4. The lowest BCUT2D eigenvalue weighted by atomic mass is 9.64. The molecule has 3 aromatic rings. The average Bonchev–Trinajstić information content (AvgIpc) is 3.56. The topological polar surface area (TPSA) is 84.9 Å². The number of hydrogen-bond acceptors (Lipinski definition) is 6. The molecular formula is C30H24N2O5. The van der Waals surface area contributed by atoms with Crippen LogP contribution in [0.5, 0.6) is 11.5 Å². The number of para-hydroxylation sites is 1. The molecule has 0 radical (unpaired) electrons. The number of benzene rings is 3. The molecule has 1 saturated heterocycles. The Bertz CT molecular complexity index is 1560. The zero-order chi connectivity index (χ0) is 25.5. The minimum Gasteiger partial charge on any atom is -0.454 e. The van der Waals surface area contributed by atoms with E-state index in [4.69, 9.17) is 9.47 Å². The molecule has 4 atom stereocenters. The van der Waals surface area contributed by atoms with Gasteiger partial charge in [-0.15, -0.1) is 0 Å². The number of amides is 1. The Labute approximate surface area is 213 Å². The molecule has 7 heteroatoms. The molecule has 1 N–H and O–H groups in total. The molecule has 1 spiro atoms. The molecule has 0 aliphatic carbocycles. The zero-order valence-electron chi connectivity index (χ0n) is 20.4. The number of ketones is 2. The molecule has 4 heterocycles. The molecule has 7 rings (SSSR count). The summed E-state index contributed by atoms with van der Waals surface area (Å²) in [7, 11) is 0. The van der Waals surface area contributed by atoms with Gasteiger partial charge in [-0.1, -0.05) is 42.0 Å². The van der Waals surface area contributed by atoms with Crippen molar-refractivity contribution >= 4 is 34.9 Å². The van der Waals surface area contributed by atoms with Gasteiger partial charge in [0, 0.05) is 16.9 Å². The van der Waals surface area contributed by atoms with Gasteiger partial charge < -0.3 is 19.7 Å². The number of fused-ring (bicyclic) bond motifs is 7. The fourth-order valence-electron chi connectivity index (χ4n) is 6.68. The summed E-state index contributed by atoms with van der Waals surface area (Å²) >= 11 is 0. The molecule has 4 aliphatic rings. The summed E-state index contributed by atoms with van der Waals surface area (Å²) in [6.45, 7) is 3.61. The highest BCUT2D eigenvalue weighted by molar-refractivity contribution is 6.16. The molecule has 184 valence electrons. The fourth-order valence-corrected chi connectivity index (χ4v) is 6.68. The third-order valence-electron chi connectivity index (χ3n) is 8.14. The number of carbonyl (C=O) groups excluding carboxylic acids is 3. The summed E-state index contributed by atoms with van der Waals surface area (Å²) < 4.78 is 11.0. The summed E-state index contributed by atoms with van der Waals surface area (Å²) in [5, 5.41) is 3.03. The number of aryl methyl sites for hydroxylation is 1. The standard InChI is InChI=1S/C30H24N2O5/c1-16-7-10-22-18(13-16)9-12-25-30(20-5-3-4-6-21(20)31-29(30)35)26(27(17(2)33)32(22)25)28(34)19-8-11-23-24(14-19)37-15-36-23/h3-14,25-27H,15H2,1-2H3,(H,31,35)/t25-,26-,27+,30-/m0/s1. The highest BCUT2D eigenvalue weighted by atomic mass is 16.7. The SMILES string of the molecule is CC(=O)[C@@H]1[C@@H](C(=O)c2ccc3c(c2)OCO3)[C@@]2(C(=O)Nc3ccccc32)[C@@H]2C=Cc3cc(C)ccc3N12. The first kappa shape index (κ1) is 21.9. The van der Waals surface area contributed by atoms with Crippen molar-refractivity contribution in [1.29, 1.82) is 0 Å². The van der Waals surface area contributed by atoms with Crippen LogP contribution in [0.4, 0.5) is 11.4 Å². The normalized spacial score (nSPS) is 26.1. The second-order valence-electron chi connectivity index (χ2n) is 10.1. The van der Waals surface area contributed by atoms with Crippen LogP contribution < -0.4 is 19.7 Å². The molecule has 7 nitrogen and oxygen atoms in total. The number of ether oxygens (including phenoxy) is 2. The van der Waals surface area contributed by atoms with Crippen LogP contribution in [-0.4, -0.2) is 36.4 Å². The summed E-state index contributed by atoms with van der Waals surface area (Å²) in [4.78, 5) is 44.1. The van der Waals surface area contributed by atoms with Crippen molar-refractivity contribution < 1.29 is 23.9 Å². The molecule has 3 aromatic carbocycles. The van der Waals surface area contributed by atoms with Gasteiger partial charge in [-0.2, -0.15) is 0 Å². The smallest absolute Gasteiger partial charge is 0.238 e. The molecule has 0 unspecified atom stereocenters. The second kappa shape index (κ2) is 7.56. The van der Waals surface area contributed by atoms with E-state index in [-0.39, 0.29) is 24.3 Å². The van der Waals surface area contributed by atoms with Crippen LogP contribution >= 0.6 is 0 Å². The Morgan fingerprint density at radius 2 is 1.84 bits per heavy atom. The second-order valence-corrected chi connectivity index (χ2v) is 10.1. The van der Waals surface area contributed by atoms with E-state index in [1.165, 1.54) is 6.92 Å². The minimum absolute atomic E-state index is 0.0864. The molecule has 0 aromatic heterocycles. The van der Waals surface area contributed by atoms with E-state index >= 15 is 0 Å². The Balaban J connectivity index is 1.50. The van der Waals surface area contributed by atoms with E-state index in [1.54, 1.807) is 18.2 Å². The monoisotopic (exact) mass is 492 g/mol. The first-order valence-electron chi connectivity index (χ1n) is 12.3. The van der Waals surface area contributed by atoms with Gasteiger partial charge in [0.25, 0.3) is 0 Å². The van der Waals surface area contributed by atoms with Gasteiger partial charge in [0.1, 0.15) is 5.41 Å². The van der Waals surface area contributed by atoms with Gasteiger partial charge in [-0.3, -0.25) is 14.4 Å². The van der Waals surface area contributed by atoms with Crippen LogP contribution in [0.15, 0.2) is 66.7 Å². The molecule has 0 bridgehead atoms. The number of nitrogens with zero attached hydrogens (tertiary/aromatic N) is 1. The number of nitrogens with one attached hydrogen (secondary N) is 1. The predicted octanol–water partition coefficient (Wildman–Crippen LogP) is 4.29. The van der Waals surface area contributed by atoms with Crippen molar-refractivity contribution in [3.05, 3.63) is 89.0 Å². The number of Topliss-reactive ketones (excluding diaryl/α,β-unsaturated/α-hetero) is 2. The van der Waals surface area contributed by atoms with Crippen molar-refractivity contribution in [3.8, 4) is 11.5 Å². The van der Waals surface area contributed by atoms with E-state index in [0.29, 0.717) is 22.7 Å². The quantitative estimate of drug-likeness (QED) is 0.550. The maximum Gasteiger partial charge on any atom is 0.238 e. The lowest BCUT2D eigenvalue weighted by Gasteiger charge is -2.37. The van der Waals surface area contributed by atoms with Crippen LogP contribution in [0, 0.1) is 12.8 Å². The van der Waals surface area contributed by atoms with Gasteiger partial charge >= 0.3 is 0 Å². The van der Waals surface area contributed by atoms with Crippen molar-refractivity contribution in [2.24, 2.45) is 5.92 Å². The Morgan fingerprint density at radius 3 is 2.68 bits per heavy atom. The molecular weight excluding hydrogens is 468 g/mol. The number of hydrogen-bond donors (Lipinski definition) is 1. The van der Waals surface area contributed by atoms with Crippen LogP contribution in [-0.2, 0) is 15.0 Å². The maximum atomic E-state index is 14.5. The van der Waals surface area contributed by atoms with Gasteiger partial charge in [-0.25, -0.2) is 0 Å². The van der Waals surface area contributed by atoms with E-state index in [2.05, 4.69) is 11.4 Å². The van der Waals surface area contributed by atoms with E-state index in [0.717, 1.165) is 22.4 Å². The Hall–Kier alpha value is -4.39. The van der Waals surface area contributed by atoms with Crippen LogP contribution in [0.1, 0.15) is 34.0 Å². The molecule has 1 fully saturated rings. The molecule has 4 aliphatic heterocycles. The summed E-state index contributed by atoms with van der Waals surface area (Å²) in [5.41, 5.74) is 3.38. The average molecular weight is 493 g/mol. The van der Waals surface area contributed by atoms with Crippen molar-refractivity contribution in [3.63, 3.8) is 0 Å². The fraction of sp³-hybridized carbons (Fsp3) is 0.233. The highest BCUT2D eigenvalue weighted by Gasteiger charge is 2.69. The van der Waals surface area contributed by atoms with Crippen LogP contribution in [0.2, 0.25) is 0 Å². The Kier molecular flexibility index (Phi) is 4.46. The largest absolute Gasteiger partial charge is 0.454 e. The third-order valence-corrected chi connectivity index (χ3v) is 8.14. The maximum absolute atomic E-state index is 14.5. The van der Waals surface area contributed by atoms with E-state index in [1.807, 2.05) is 60.4 Å². The summed E-state index contributed by atoms with van der Waals surface area (Å²) in [6, 6.07) is 17.2. The predicted molar refractivity (Wildman–Crippen MR) is 138 cm³/mol. The first-order chi connectivity index (χ1) is 17.9. The molecule has 37 heavy (non-hydrogen) atoms. The van der Waals surface area contributed by atoms with Gasteiger partial charge in [0.05, 0.1) is 18.0 Å². The third kappa shape index (κ3) is 2.79. The highest BCUT2D eigenvalue weighted by Crippen LogP contribution is 2.58. The van der Waals surface area contributed by atoms with Crippen LogP contribution in [0.25, 0.3) is 6.08 Å². The summed E-state index contributed by atoms with van der Waals surface area (Å²) in [5.74, 6) is -0.633. The Morgan fingerprint density at radius 1 is 1.03 bits per heavy atom. The van der Waals surface area contributed by atoms with Gasteiger partial charge in [-0.05, 0) is 61.4 Å².